The van der Waals surface area contributed by atoms with Crippen LogP contribution in [0.2, 0.25) is 0 Å². The standard InChI is InChI=1S/C76H148O17P2/c1-6-9-12-15-18-21-23-25-27-28-29-30-31-32-34-36-41-46-51-56-61-75(80)92-72(66-87-74(79)60-55-50-45-40-35-33-26-24-22-19-16-13-10-7-2)68-91-95(84,85)89-64-70(77)63-88-94(82,83)90-67-71(65-86-73(78)59-54-49-44-38-20-17-14-11-8-3)93-76(81)62-57-52-47-42-37-39-43-48-53-58-69(4)5/h69-72,77H,6-68H2,1-5H3,(H,82,83)(H,84,85)/t70-,71+,72+/m0/s1. The second kappa shape index (κ2) is 69.2. The summed E-state index contributed by atoms with van der Waals surface area (Å²) >= 11 is 0. The van der Waals surface area contributed by atoms with Crippen LogP contribution in [0, 0.1) is 5.92 Å². The molecule has 0 aliphatic carbocycles. The molecule has 17 nitrogen and oxygen atoms in total. The van der Waals surface area contributed by atoms with E-state index in [4.69, 9.17) is 37.0 Å². The number of hydrogen-bond donors (Lipinski definition) is 3. The molecule has 0 saturated carbocycles. The molecule has 5 atom stereocenters. The van der Waals surface area contributed by atoms with Gasteiger partial charge in [-0.3, -0.25) is 37.3 Å². The predicted octanol–water partition coefficient (Wildman–Crippen LogP) is 22.5. The lowest BCUT2D eigenvalue weighted by Crippen LogP contribution is -2.30. The molecule has 0 spiro atoms. The summed E-state index contributed by atoms with van der Waals surface area (Å²) in [6.45, 7) is 7.25. The first-order chi connectivity index (χ1) is 46.0. The number of unbranched alkanes of at least 4 members (excludes halogenated alkanes) is 48. The molecular formula is C76H148O17P2. The van der Waals surface area contributed by atoms with Crippen molar-refractivity contribution in [2.24, 2.45) is 5.92 Å². The first-order valence-corrected chi connectivity index (χ1v) is 42.6. The van der Waals surface area contributed by atoms with Crippen LogP contribution in [0.3, 0.4) is 0 Å². The largest absolute Gasteiger partial charge is 0.472 e. The van der Waals surface area contributed by atoms with Gasteiger partial charge in [-0.05, 0) is 31.6 Å². The van der Waals surface area contributed by atoms with Crippen LogP contribution in [0.15, 0.2) is 0 Å². The molecule has 0 amide bonds. The fraction of sp³-hybridized carbons (Fsp3) is 0.947. The van der Waals surface area contributed by atoms with Gasteiger partial charge in [-0.15, -0.1) is 0 Å². The zero-order valence-corrected chi connectivity index (χ0v) is 63.6. The fourth-order valence-electron chi connectivity index (χ4n) is 11.7. The van der Waals surface area contributed by atoms with Crippen LogP contribution >= 0.6 is 15.6 Å². The van der Waals surface area contributed by atoms with Gasteiger partial charge in [-0.2, -0.15) is 0 Å². The molecule has 0 aromatic carbocycles. The average molecular weight is 1400 g/mol. The fourth-order valence-corrected chi connectivity index (χ4v) is 13.3. The molecule has 19 heteroatoms. The van der Waals surface area contributed by atoms with Gasteiger partial charge in [0.05, 0.1) is 26.4 Å². The molecule has 0 aliphatic rings. The highest BCUT2D eigenvalue weighted by Gasteiger charge is 2.30. The van der Waals surface area contributed by atoms with Crippen molar-refractivity contribution in [3.8, 4) is 0 Å². The Kier molecular flexibility index (Phi) is 67.7. The molecule has 0 fully saturated rings. The van der Waals surface area contributed by atoms with Crippen molar-refractivity contribution in [3.05, 3.63) is 0 Å². The summed E-state index contributed by atoms with van der Waals surface area (Å²) in [4.78, 5) is 72.7. The monoisotopic (exact) mass is 1400 g/mol. The summed E-state index contributed by atoms with van der Waals surface area (Å²) in [6.07, 6.45) is 58.3. The number of ether oxygens (including phenoxy) is 4. The minimum atomic E-state index is -4.96. The molecule has 0 bridgehead atoms. The number of carbonyl (C=O) groups excluding carboxylic acids is 4. The predicted molar refractivity (Wildman–Crippen MR) is 386 cm³/mol. The molecule has 0 aromatic heterocycles. The number of hydrogen-bond acceptors (Lipinski definition) is 15. The number of aliphatic hydroxyl groups is 1. The first-order valence-electron chi connectivity index (χ1n) is 39.6. The van der Waals surface area contributed by atoms with E-state index in [1.807, 2.05) is 0 Å². The van der Waals surface area contributed by atoms with Crippen LogP contribution in [0.4, 0.5) is 0 Å². The Morgan fingerprint density at radius 1 is 0.284 bits per heavy atom. The molecule has 0 saturated heterocycles. The average Bonchev–Trinajstić information content (AvgIpc) is 1.68. The lowest BCUT2D eigenvalue weighted by Gasteiger charge is -2.21. The van der Waals surface area contributed by atoms with E-state index in [1.165, 1.54) is 225 Å². The minimum absolute atomic E-state index is 0.106. The van der Waals surface area contributed by atoms with Crippen molar-refractivity contribution in [1.82, 2.24) is 0 Å². The highest BCUT2D eigenvalue weighted by molar-refractivity contribution is 7.47. The van der Waals surface area contributed by atoms with Crippen LogP contribution in [0.5, 0.6) is 0 Å². The molecule has 564 valence electrons. The Bertz CT molecular complexity index is 1820. The van der Waals surface area contributed by atoms with Crippen molar-refractivity contribution < 1.29 is 80.2 Å². The van der Waals surface area contributed by atoms with Crippen molar-refractivity contribution in [2.45, 2.75) is 419 Å². The highest BCUT2D eigenvalue weighted by atomic mass is 31.2. The van der Waals surface area contributed by atoms with Crippen LogP contribution in [0.1, 0.15) is 401 Å². The number of carbonyl (C=O) groups is 4. The van der Waals surface area contributed by atoms with E-state index in [9.17, 15) is 43.2 Å². The Hall–Kier alpha value is -1.94. The number of rotatable bonds is 76. The molecule has 0 rings (SSSR count). The van der Waals surface area contributed by atoms with Crippen molar-refractivity contribution in [2.75, 3.05) is 39.6 Å². The Balaban J connectivity index is 5.20. The third-order valence-corrected chi connectivity index (χ3v) is 19.7. The van der Waals surface area contributed by atoms with E-state index in [0.29, 0.717) is 25.7 Å². The van der Waals surface area contributed by atoms with E-state index in [2.05, 4.69) is 34.6 Å². The molecule has 95 heavy (non-hydrogen) atoms. The molecule has 0 heterocycles. The summed E-state index contributed by atoms with van der Waals surface area (Å²) < 4.78 is 68.5. The van der Waals surface area contributed by atoms with E-state index in [-0.39, 0.29) is 25.7 Å². The van der Waals surface area contributed by atoms with Gasteiger partial charge in [-0.1, -0.05) is 349 Å². The minimum Gasteiger partial charge on any atom is -0.462 e. The zero-order chi connectivity index (χ0) is 69.8. The number of aliphatic hydroxyl groups excluding tert-OH is 1. The van der Waals surface area contributed by atoms with Crippen molar-refractivity contribution in [1.29, 1.82) is 0 Å². The van der Waals surface area contributed by atoms with Gasteiger partial charge < -0.3 is 33.8 Å². The van der Waals surface area contributed by atoms with E-state index in [1.54, 1.807) is 0 Å². The number of esters is 4. The van der Waals surface area contributed by atoms with Gasteiger partial charge in [0.25, 0.3) is 0 Å². The smallest absolute Gasteiger partial charge is 0.462 e. The third-order valence-electron chi connectivity index (χ3n) is 17.8. The maximum atomic E-state index is 13.1. The van der Waals surface area contributed by atoms with E-state index < -0.39 is 97.5 Å². The number of phosphoric acid groups is 2. The molecular weight excluding hydrogens is 1250 g/mol. The zero-order valence-electron chi connectivity index (χ0n) is 61.8. The number of phosphoric ester groups is 2. The Morgan fingerprint density at radius 3 is 0.716 bits per heavy atom. The van der Waals surface area contributed by atoms with Gasteiger partial charge in [-0.25, -0.2) is 9.13 Å². The molecule has 0 aromatic rings. The summed E-state index contributed by atoms with van der Waals surface area (Å²) in [7, 11) is -9.91. The Labute approximate surface area is 581 Å². The molecule has 2 unspecified atom stereocenters. The van der Waals surface area contributed by atoms with Crippen LogP contribution in [-0.2, 0) is 65.4 Å². The molecule has 0 aliphatic heterocycles. The van der Waals surface area contributed by atoms with Crippen LogP contribution < -0.4 is 0 Å². The third kappa shape index (κ3) is 70.3. The SMILES string of the molecule is CCCCCCCCCCCCCCCCCCCCCCC(=O)O[C@H](COC(=O)CCCCCCCCCCCCCCCC)COP(=O)(O)OC[C@@H](O)COP(=O)(O)OC[C@@H](COC(=O)CCCCCCCCCCC)OC(=O)CCCCCCCCCCCC(C)C. The van der Waals surface area contributed by atoms with Crippen molar-refractivity contribution in [3.63, 3.8) is 0 Å². The maximum absolute atomic E-state index is 13.1. The van der Waals surface area contributed by atoms with Crippen LogP contribution in [-0.4, -0.2) is 96.7 Å². The normalized spacial score (nSPS) is 13.9. The first kappa shape index (κ1) is 93.1. The van der Waals surface area contributed by atoms with Gasteiger partial charge in [0.15, 0.2) is 12.2 Å². The lowest BCUT2D eigenvalue weighted by atomic mass is 10.0. The highest BCUT2D eigenvalue weighted by Crippen LogP contribution is 2.45. The van der Waals surface area contributed by atoms with Gasteiger partial charge >= 0.3 is 39.5 Å². The van der Waals surface area contributed by atoms with Gasteiger partial charge in [0.1, 0.15) is 19.3 Å². The lowest BCUT2D eigenvalue weighted by molar-refractivity contribution is -0.161. The molecule has 0 radical (unpaired) electrons. The van der Waals surface area contributed by atoms with E-state index in [0.717, 1.165) is 95.8 Å². The van der Waals surface area contributed by atoms with Crippen molar-refractivity contribution >= 4 is 39.5 Å². The second-order valence-electron chi connectivity index (χ2n) is 27.9. The van der Waals surface area contributed by atoms with Gasteiger partial charge in [0.2, 0.25) is 0 Å². The van der Waals surface area contributed by atoms with E-state index >= 15 is 0 Å². The second-order valence-corrected chi connectivity index (χ2v) is 30.8. The molecule has 3 N–H and O–H groups in total. The quantitative estimate of drug-likeness (QED) is 0.0222. The summed E-state index contributed by atoms with van der Waals surface area (Å²) in [6, 6.07) is 0. The summed E-state index contributed by atoms with van der Waals surface area (Å²) in [5.74, 6) is -1.38. The van der Waals surface area contributed by atoms with Gasteiger partial charge in [0, 0.05) is 25.7 Å². The summed E-state index contributed by atoms with van der Waals surface area (Å²) in [5.41, 5.74) is 0. The Morgan fingerprint density at radius 2 is 0.484 bits per heavy atom. The maximum Gasteiger partial charge on any atom is 0.472 e. The topological polar surface area (TPSA) is 237 Å². The summed E-state index contributed by atoms with van der Waals surface area (Å²) in [5, 5.41) is 10.6. The van der Waals surface area contributed by atoms with Crippen LogP contribution in [0.25, 0.3) is 0 Å².